The Kier molecular flexibility index (Phi) is 5.04. The lowest BCUT2D eigenvalue weighted by Crippen LogP contribution is -2.66. The Labute approximate surface area is 119 Å². The number of carbonyl (C=O) groups is 1. The van der Waals surface area contributed by atoms with Crippen molar-refractivity contribution in [2.45, 2.75) is 71.4 Å². The molecule has 19 heavy (non-hydrogen) atoms. The van der Waals surface area contributed by atoms with E-state index in [-0.39, 0.29) is 24.2 Å². The van der Waals surface area contributed by atoms with Crippen molar-refractivity contribution in [1.82, 2.24) is 5.32 Å². The van der Waals surface area contributed by atoms with Crippen LogP contribution in [-0.4, -0.2) is 34.9 Å². The zero-order valence-electron chi connectivity index (χ0n) is 13.5. The first-order valence-corrected chi connectivity index (χ1v) is 13.5. The van der Waals surface area contributed by atoms with Crippen LogP contribution in [0, 0.1) is 5.92 Å². The van der Waals surface area contributed by atoms with E-state index in [1.165, 1.54) is 0 Å². The number of amides is 1. The van der Waals surface area contributed by atoms with Crippen molar-refractivity contribution in [3.63, 3.8) is 0 Å². The molecule has 0 aromatic heterocycles. The molecule has 0 spiro atoms. The van der Waals surface area contributed by atoms with Crippen LogP contribution in [0.3, 0.4) is 0 Å². The van der Waals surface area contributed by atoms with Crippen LogP contribution >= 0.6 is 0 Å². The predicted octanol–water partition coefficient (Wildman–Crippen LogP) is 2.93. The summed E-state index contributed by atoms with van der Waals surface area (Å²) in [6, 6.07) is 0. The number of rotatable bonds is 6. The quantitative estimate of drug-likeness (QED) is 0.606. The summed E-state index contributed by atoms with van der Waals surface area (Å²) in [6.45, 7) is 17.2. The van der Waals surface area contributed by atoms with E-state index in [2.05, 4.69) is 51.9 Å². The largest absolute Gasteiger partial charge is 0.414 e. The van der Waals surface area contributed by atoms with E-state index in [9.17, 15) is 4.79 Å². The SMILES string of the molecule is CC(C)[Si](C)(C)O[C@H](C)C1C(=O)NC1O[Si](C)(C)C. The van der Waals surface area contributed by atoms with Gasteiger partial charge in [0.2, 0.25) is 5.91 Å². The van der Waals surface area contributed by atoms with Gasteiger partial charge in [-0.25, -0.2) is 0 Å². The van der Waals surface area contributed by atoms with Crippen molar-refractivity contribution >= 4 is 22.5 Å². The van der Waals surface area contributed by atoms with Crippen molar-refractivity contribution in [3.8, 4) is 0 Å². The van der Waals surface area contributed by atoms with Crippen molar-refractivity contribution in [2.75, 3.05) is 0 Å². The second-order valence-corrected chi connectivity index (χ2v) is 16.3. The average Bonchev–Trinajstić information content (AvgIpc) is 2.12. The maximum Gasteiger partial charge on any atom is 0.232 e. The first-order chi connectivity index (χ1) is 8.44. The molecule has 112 valence electrons. The summed E-state index contributed by atoms with van der Waals surface area (Å²) in [5, 5.41) is 2.85. The molecule has 2 unspecified atom stereocenters. The molecule has 0 saturated carbocycles. The van der Waals surface area contributed by atoms with Crippen LogP contribution < -0.4 is 5.32 Å². The fourth-order valence-corrected chi connectivity index (χ4v) is 4.34. The summed E-state index contributed by atoms with van der Waals surface area (Å²) in [7, 11) is -3.38. The molecule has 0 aliphatic carbocycles. The smallest absolute Gasteiger partial charge is 0.232 e. The average molecular weight is 304 g/mol. The Bertz CT molecular complexity index is 339. The zero-order valence-corrected chi connectivity index (χ0v) is 15.5. The molecular weight excluding hydrogens is 274 g/mol. The highest BCUT2D eigenvalue weighted by molar-refractivity contribution is 6.72. The highest BCUT2D eigenvalue weighted by Gasteiger charge is 2.47. The molecule has 4 nitrogen and oxygen atoms in total. The molecule has 0 radical (unpaired) electrons. The van der Waals surface area contributed by atoms with Gasteiger partial charge in [-0.1, -0.05) is 13.8 Å². The van der Waals surface area contributed by atoms with E-state index >= 15 is 0 Å². The van der Waals surface area contributed by atoms with E-state index in [0.717, 1.165) is 0 Å². The minimum Gasteiger partial charge on any atom is -0.414 e. The first kappa shape index (κ1) is 16.9. The summed E-state index contributed by atoms with van der Waals surface area (Å²) in [4.78, 5) is 11.8. The summed E-state index contributed by atoms with van der Waals surface area (Å²) in [5.74, 6) is -0.0958. The van der Waals surface area contributed by atoms with Gasteiger partial charge in [0.15, 0.2) is 16.6 Å². The van der Waals surface area contributed by atoms with Gasteiger partial charge in [0.05, 0.1) is 6.10 Å². The topological polar surface area (TPSA) is 47.6 Å². The van der Waals surface area contributed by atoms with Crippen molar-refractivity contribution in [3.05, 3.63) is 0 Å². The van der Waals surface area contributed by atoms with Gasteiger partial charge in [-0.15, -0.1) is 0 Å². The first-order valence-electron chi connectivity index (χ1n) is 7.10. The van der Waals surface area contributed by atoms with Crippen LogP contribution in [0.15, 0.2) is 0 Å². The van der Waals surface area contributed by atoms with Gasteiger partial charge in [-0.3, -0.25) is 4.79 Å². The maximum atomic E-state index is 11.8. The number of hydrogen-bond donors (Lipinski definition) is 1. The summed E-state index contributed by atoms with van der Waals surface area (Å²) >= 11 is 0. The van der Waals surface area contributed by atoms with Crippen molar-refractivity contribution in [1.29, 1.82) is 0 Å². The lowest BCUT2D eigenvalue weighted by Gasteiger charge is -2.44. The van der Waals surface area contributed by atoms with E-state index in [0.29, 0.717) is 5.54 Å². The van der Waals surface area contributed by atoms with E-state index in [1.54, 1.807) is 0 Å². The Morgan fingerprint density at radius 1 is 1.11 bits per heavy atom. The van der Waals surface area contributed by atoms with Gasteiger partial charge < -0.3 is 14.2 Å². The molecule has 1 heterocycles. The highest BCUT2D eigenvalue weighted by Crippen LogP contribution is 2.30. The fraction of sp³-hybridized carbons (Fsp3) is 0.923. The van der Waals surface area contributed by atoms with Gasteiger partial charge in [0.1, 0.15) is 12.1 Å². The van der Waals surface area contributed by atoms with Crippen LogP contribution in [-0.2, 0) is 13.6 Å². The monoisotopic (exact) mass is 303 g/mol. The van der Waals surface area contributed by atoms with Crippen LogP contribution in [0.4, 0.5) is 0 Å². The summed E-state index contributed by atoms with van der Waals surface area (Å²) in [6.07, 6.45) is -0.231. The molecule has 1 saturated heterocycles. The summed E-state index contributed by atoms with van der Waals surface area (Å²) in [5.41, 5.74) is 0.537. The van der Waals surface area contributed by atoms with Crippen molar-refractivity contribution in [2.24, 2.45) is 5.92 Å². The van der Waals surface area contributed by atoms with Gasteiger partial charge in [0, 0.05) is 0 Å². The fourth-order valence-electron chi connectivity index (χ4n) is 2.00. The molecule has 6 heteroatoms. The number of carbonyl (C=O) groups excluding carboxylic acids is 1. The Balaban J connectivity index is 2.65. The van der Waals surface area contributed by atoms with Crippen LogP contribution in [0.1, 0.15) is 20.8 Å². The van der Waals surface area contributed by atoms with Gasteiger partial charge in [0.25, 0.3) is 0 Å². The molecular formula is C13H29NO3Si2. The third-order valence-electron chi connectivity index (χ3n) is 3.78. The van der Waals surface area contributed by atoms with Crippen LogP contribution in [0.25, 0.3) is 0 Å². The molecule has 1 rings (SSSR count). The molecule has 3 atom stereocenters. The number of β-lactam (4-membered cyclic amide) rings is 1. The third-order valence-corrected chi connectivity index (χ3v) is 8.50. The normalized spacial score (nSPS) is 26.1. The van der Waals surface area contributed by atoms with Gasteiger partial charge in [-0.2, -0.15) is 0 Å². The van der Waals surface area contributed by atoms with Crippen molar-refractivity contribution < 1.29 is 13.6 Å². The van der Waals surface area contributed by atoms with Gasteiger partial charge in [-0.05, 0) is 45.2 Å². The highest BCUT2D eigenvalue weighted by atomic mass is 28.4. The van der Waals surface area contributed by atoms with Crippen LogP contribution in [0.5, 0.6) is 0 Å². The summed E-state index contributed by atoms with van der Waals surface area (Å²) < 4.78 is 12.2. The lowest BCUT2D eigenvalue weighted by molar-refractivity contribution is -0.151. The maximum absolute atomic E-state index is 11.8. The molecule has 1 aliphatic rings. The second kappa shape index (κ2) is 5.67. The van der Waals surface area contributed by atoms with E-state index in [1.807, 2.05) is 6.92 Å². The Hall–Kier alpha value is -0.176. The molecule has 1 aliphatic heterocycles. The standard InChI is InChI=1S/C13H29NO3Si2/c1-9(2)19(7,8)16-10(3)11-12(15)14-13(11)17-18(4,5)6/h9-11,13H,1-8H3,(H,14,15)/t10-,11?,13?/m1/s1. The van der Waals surface area contributed by atoms with E-state index < -0.39 is 16.6 Å². The minimum absolute atomic E-state index is 0.0595. The Morgan fingerprint density at radius 2 is 1.63 bits per heavy atom. The third kappa shape index (κ3) is 4.41. The zero-order chi connectivity index (χ0) is 15.0. The minimum atomic E-state index is -1.73. The molecule has 1 N–H and O–H groups in total. The Morgan fingerprint density at radius 3 is 2.00 bits per heavy atom. The van der Waals surface area contributed by atoms with E-state index in [4.69, 9.17) is 8.85 Å². The molecule has 0 bridgehead atoms. The van der Waals surface area contributed by atoms with Gasteiger partial charge >= 0.3 is 0 Å². The number of nitrogens with one attached hydrogen (secondary N) is 1. The predicted molar refractivity (Wildman–Crippen MR) is 83.0 cm³/mol. The molecule has 1 fully saturated rings. The molecule has 0 aromatic rings. The van der Waals surface area contributed by atoms with Crippen LogP contribution in [0.2, 0.25) is 38.3 Å². The second-order valence-electron chi connectivity index (χ2n) is 7.27. The number of hydrogen-bond acceptors (Lipinski definition) is 3. The molecule has 1 amide bonds. The lowest BCUT2D eigenvalue weighted by atomic mass is 9.94. The molecule has 0 aromatic carbocycles.